The number of benzene rings is 2. The Balaban J connectivity index is 1.48. The van der Waals surface area contributed by atoms with Gasteiger partial charge in [-0.05, 0) is 60.5 Å². The van der Waals surface area contributed by atoms with Crippen LogP contribution in [0.15, 0.2) is 41.6 Å². The van der Waals surface area contributed by atoms with Crippen molar-refractivity contribution in [3.05, 3.63) is 47.5 Å². The van der Waals surface area contributed by atoms with Gasteiger partial charge >= 0.3 is 0 Å². The molecule has 3 aromatic rings. The summed E-state index contributed by atoms with van der Waals surface area (Å²) in [4.78, 5) is 12.6. The Morgan fingerprint density at radius 2 is 2.00 bits per heavy atom. The minimum absolute atomic E-state index is 0.153. The summed E-state index contributed by atoms with van der Waals surface area (Å²) in [7, 11) is 0. The van der Waals surface area contributed by atoms with Crippen LogP contribution in [0.25, 0.3) is 5.69 Å². The number of fused-ring (bicyclic) bond motifs is 1. The summed E-state index contributed by atoms with van der Waals surface area (Å²) in [6.45, 7) is 6.03. The first-order valence-electron chi connectivity index (χ1n) is 8.74. The number of hydrogen-bond donors (Lipinski definition) is 1. The number of nitrogens with zero attached hydrogens (tertiary/aromatic N) is 4. The number of tetrazole rings is 1. The van der Waals surface area contributed by atoms with Crippen LogP contribution in [-0.4, -0.2) is 38.2 Å². The number of nitrogens with one attached hydrogen (secondary N) is 1. The number of carbonyl (C=O) groups is 1. The summed E-state index contributed by atoms with van der Waals surface area (Å²) in [5.74, 6) is 1.14. The van der Waals surface area contributed by atoms with Crippen molar-refractivity contribution in [2.45, 2.75) is 31.2 Å². The number of ether oxygens (including phenoxy) is 2. The van der Waals surface area contributed by atoms with E-state index < -0.39 is 5.25 Å². The molecule has 0 bridgehead atoms. The van der Waals surface area contributed by atoms with Crippen molar-refractivity contribution < 1.29 is 14.3 Å². The second-order valence-electron chi connectivity index (χ2n) is 6.48. The molecule has 144 valence electrons. The van der Waals surface area contributed by atoms with Crippen LogP contribution >= 0.6 is 11.8 Å². The zero-order chi connectivity index (χ0) is 19.7. The molecule has 1 aromatic heterocycles. The number of anilines is 1. The maximum absolute atomic E-state index is 12.6. The Morgan fingerprint density at radius 1 is 1.18 bits per heavy atom. The Bertz CT molecular complexity index is 1040. The highest BCUT2D eigenvalue weighted by Gasteiger charge is 2.21. The fourth-order valence-electron chi connectivity index (χ4n) is 2.78. The molecule has 1 atom stereocenters. The summed E-state index contributed by atoms with van der Waals surface area (Å²) in [6, 6.07) is 11.4. The summed E-state index contributed by atoms with van der Waals surface area (Å²) >= 11 is 1.30. The molecule has 0 aliphatic carbocycles. The minimum Gasteiger partial charge on any atom is -0.454 e. The molecular formula is C19H19N5O3S. The Hall–Kier alpha value is -3.07. The van der Waals surface area contributed by atoms with Crippen molar-refractivity contribution in [1.82, 2.24) is 20.2 Å². The maximum Gasteiger partial charge on any atom is 0.237 e. The Morgan fingerprint density at radius 3 is 2.86 bits per heavy atom. The van der Waals surface area contributed by atoms with Gasteiger partial charge in [0.15, 0.2) is 11.5 Å². The van der Waals surface area contributed by atoms with Crippen molar-refractivity contribution in [1.29, 1.82) is 0 Å². The van der Waals surface area contributed by atoms with Crippen molar-refractivity contribution in [2.75, 3.05) is 12.1 Å². The smallest absolute Gasteiger partial charge is 0.237 e. The number of aryl methyl sites for hydroxylation is 2. The molecule has 1 N–H and O–H groups in total. The third-order valence-corrected chi connectivity index (χ3v) is 5.36. The number of rotatable bonds is 5. The van der Waals surface area contributed by atoms with E-state index in [4.69, 9.17) is 9.47 Å². The molecule has 0 saturated heterocycles. The molecule has 9 heteroatoms. The van der Waals surface area contributed by atoms with Crippen LogP contribution in [0.1, 0.15) is 18.1 Å². The zero-order valence-electron chi connectivity index (χ0n) is 15.7. The van der Waals surface area contributed by atoms with Crippen molar-refractivity contribution in [3.8, 4) is 17.2 Å². The van der Waals surface area contributed by atoms with Crippen LogP contribution < -0.4 is 14.8 Å². The van der Waals surface area contributed by atoms with Gasteiger partial charge in [0, 0.05) is 11.8 Å². The minimum atomic E-state index is -0.403. The Labute approximate surface area is 166 Å². The molecule has 2 aromatic carbocycles. The van der Waals surface area contributed by atoms with E-state index in [9.17, 15) is 4.79 Å². The molecule has 1 unspecified atom stereocenters. The molecule has 4 rings (SSSR count). The lowest BCUT2D eigenvalue weighted by molar-refractivity contribution is -0.115. The van der Waals surface area contributed by atoms with Crippen LogP contribution in [0.3, 0.4) is 0 Å². The summed E-state index contributed by atoms with van der Waals surface area (Å²) in [5, 5.41) is 15.0. The lowest BCUT2D eigenvalue weighted by atomic mass is 10.1. The normalized spacial score (nSPS) is 13.4. The van der Waals surface area contributed by atoms with E-state index in [1.807, 2.05) is 39.0 Å². The van der Waals surface area contributed by atoms with Crippen molar-refractivity contribution >= 4 is 23.4 Å². The molecule has 1 aliphatic heterocycles. The lowest BCUT2D eigenvalue weighted by Crippen LogP contribution is -2.23. The van der Waals surface area contributed by atoms with Gasteiger partial charge < -0.3 is 14.8 Å². The first-order valence-corrected chi connectivity index (χ1v) is 9.62. The van der Waals surface area contributed by atoms with Crippen LogP contribution in [-0.2, 0) is 4.79 Å². The third kappa shape index (κ3) is 3.65. The quantitative estimate of drug-likeness (QED) is 0.661. The molecule has 0 spiro atoms. The number of aromatic nitrogens is 4. The van der Waals surface area contributed by atoms with Gasteiger partial charge in [-0.15, -0.1) is 5.10 Å². The molecule has 0 saturated carbocycles. The van der Waals surface area contributed by atoms with Crippen LogP contribution in [0.5, 0.6) is 11.5 Å². The summed E-state index contributed by atoms with van der Waals surface area (Å²) in [6.07, 6.45) is 0. The third-order valence-electron chi connectivity index (χ3n) is 4.33. The van der Waals surface area contributed by atoms with E-state index in [2.05, 4.69) is 20.8 Å². The highest BCUT2D eigenvalue weighted by atomic mass is 32.2. The molecule has 8 nitrogen and oxygen atoms in total. The molecule has 1 amide bonds. The average Bonchev–Trinajstić information content (AvgIpc) is 3.32. The first kappa shape index (κ1) is 18.3. The zero-order valence-corrected chi connectivity index (χ0v) is 16.5. The fourth-order valence-corrected chi connectivity index (χ4v) is 3.58. The summed E-state index contributed by atoms with van der Waals surface area (Å²) < 4.78 is 12.3. The van der Waals surface area contributed by atoms with Crippen LogP contribution in [0, 0.1) is 13.8 Å². The molecule has 0 radical (unpaired) electrons. The predicted octanol–water partition coefficient (Wildman–Crippen LogP) is 3.13. The van der Waals surface area contributed by atoms with Gasteiger partial charge in [-0.25, -0.2) is 0 Å². The Kier molecular flexibility index (Phi) is 4.91. The van der Waals surface area contributed by atoms with Gasteiger partial charge in [-0.1, -0.05) is 23.9 Å². The highest BCUT2D eigenvalue weighted by molar-refractivity contribution is 8.00. The SMILES string of the molecule is Cc1ccc(C)c(-n2nnnc2SC(C)C(=O)Nc2ccc3c(c2)OCO3)c1. The van der Waals surface area contributed by atoms with Crippen molar-refractivity contribution in [3.63, 3.8) is 0 Å². The van der Waals surface area contributed by atoms with E-state index >= 15 is 0 Å². The van der Waals surface area contributed by atoms with Gasteiger partial charge in [-0.3, -0.25) is 4.79 Å². The number of hydrogen-bond acceptors (Lipinski definition) is 7. The van der Waals surface area contributed by atoms with Gasteiger partial charge in [0.2, 0.25) is 17.9 Å². The first-order chi connectivity index (χ1) is 13.5. The molecule has 2 heterocycles. The molecule has 1 aliphatic rings. The maximum atomic E-state index is 12.6. The van der Waals surface area contributed by atoms with E-state index in [0.29, 0.717) is 22.3 Å². The van der Waals surface area contributed by atoms with E-state index in [1.54, 1.807) is 22.9 Å². The van der Waals surface area contributed by atoms with Crippen molar-refractivity contribution in [2.24, 2.45) is 0 Å². The molecular weight excluding hydrogens is 378 g/mol. The second-order valence-corrected chi connectivity index (χ2v) is 7.79. The monoisotopic (exact) mass is 397 g/mol. The molecule has 28 heavy (non-hydrogen) atoms. The number of amides is 1. The predicted molar refractivity (Wildman–Crippen MR) is 105 cm³/mol. The topological polar surface area (TPSA) is 91.2 Å². The number of carbonyl (C=O) groups excluding carboxylic acids is 1. The van der Waals surface area contributed by atoms with E-state index in [-0.39, 0.29) is 12.7 Å². The van der Waals surface area contributed by atoms with E-state index in [1.165, 1.54) is 11.8 Å². The van der Waals surface area contributed by atoms with E-state index in [0.717, 1.165) is 16.8 Å². The standard InChI is InChI=1S/C19H19N5O3S/c1-11-4-5-12(2)15(8-11)24-19(21-22-23-24)28-13(3)18(25)20-14-6-7-16-17(9-14)27-10-26-16/h4-9,13H,10H2,1-3H3,(H,20,25). The van der Waals surface area contributed by atoms with Gasteiger partial charge in [0.05, 0.1) is 10.9 Å². The van der Waals surface area contributed by atoms with Crippen LogP contribution in [0.4, 0.5) is 5.69 Å². The second kappa shape index (κ2) is 7.51. The highest BCUT2D eigenvalue weighted by Crippen LogP contribution is 2.34. The van der Waals surface area contributed by atoms with Gasteiger partial charge in [0.1, 0.15) is 0 Å². The lowest BCUT2D eigenvalue weighted by Gasteiger charge is -2.13. The van der Waals surface area contributed by atoms with Gasteiger partial charge in [0.25, 0.3) is 0 Å². The number of thioether (sulfide) groups is 1. The largest absolute Gasteiger partial charge is 0.454 e. The van der Waals surface area contributed by atoms with Gasteiger partial charge in [-0.2, -0.15) is 4.68 Å². The molecule has 0 fully saturated rings. The average molecular weight is 397 g/mol. The fraction of sp³-hybridized carbons (Fsp3) is 0.263. The van der Waals surface area contributed by atoms with Crippen LogP contribution in [0.2, 0.25) is 0 Å². The summed E-state index contributed by atoms with van der Waals surface area (Å²) in [5.41, 5.74) is 3.71.